The van der Waals surface area contributed by atoms with Crippen molar-refractivity contribution in [1.82, 2.24) is 19.8 Å². The lowest BCUT2D eigenvalue weighted by Gasteiger charge is -2.30. The topological polar surface area (TPSA) is 106 Å². The van der Waals surface area contributed by atoms with E-state index in [1.807, 2.05) is 54.6 Å². The maximum absolute atomic E-state index is 13.9. The Labute approximate surface area is 240 Å². The summed E-state index contributed by atoms with van der Waals surface area (Å²) in [4.78, 5) is 45.1. The lowest BCUT2D eigenvalue weighted by atomic mass is 9.96. The van der Waals surface area contributed by atoms with E-state index in [0.717, 1.165) is 35.3 Å². The van der Waals surface area contributed by atoms with E-state index in [-0.39, 0.29) is 30.4 Å². The molecule has 41 heavy (non-hydrogen) atoms. The number of carbonyl (C=O) groups excluding carboxylic acids is 2. The Kier molecular flexibility index (Phi) is 9.46. The lowest BCUT2D eigenvalue weighted by molar-refractivity contribution is -0.139. The molecule has 2 aromatic carbocycles. The molecule has 2 aliphatic rings. The van der Waals surface area contributed by atoms with Crippen molar-refractivity contribution in [3.63, 3.8) is 0 Å². The first-order chi connectivity index (χ1) is 20.0. The number of esters is 1. The molecular weight excluding hydrogens is 518 g/mol. The Morgan fingerprint density at radius 2 is 1.73 bits per heavy atom. The summed E-state index contributed by atoms with van der Waals surface area (Å²) in [5.41, 5.74) is 4.03. The fourth-order valence-electron chi connectivity index (χ4n) is 5.63. The maximum atomic E-state index is 13.9. The number of hydrogen-bond donors (Lipinski definition) is 2. The number of nitrogens with zero attached hydrogens (tertiary/aromatic N) is 3. The second-order valence-corrected chi connectivity index (χ2v) is 10.9. The van der Waals surface area contributed by atoms with Crippen LogP contribution in [-0.4, -0.2) is 52.6 Å². The average Bonchev–Trinajstić information content (AvgIpc) is 3.01. The summed E-state index contributed by atoms with van der Waals surface area (Å²) in [6.45, 7) is 1.98. The molecule has 1 aliphatic carbocycles. The van der Waals surface area contributed by atoms with Crippen LogP contribution in [0.2, 0.25) is 0 Å². The maximum Gasteiger partial charge on any atom is 0.309 e. The molecule has 0 radical (unpaired) electrons. The van der Waals surface area contributed by atoms with E-state index in [1.54, 1.807) is 9.47 Å². The van der Waals surface area contributed by atoms with Gasteiger partial charge in [-0.05, 0) is 36.1 Å². The number of anilines is 1. The minimum Gasteiger partial charge on any atom is -0.469 e. The van der Waals surface area contributed by atoms with Gasteiger partial charge in [0, 0.05) is 38.5 Å². The monoisotopic (exact) mass is 557 g/mol. The van der Waals surface area contributed by atoms with Gasteiger partial charge in [-0.3, -0.25) is 14.4 Å². The minimum absolute atomic E-state index is 0.0200. The van der Waals surface area contributed by atoms with E-state index in [4.69, 9.17) is 9.72 Å². The van der Waals surface area contributed by atoms with Crippen molar-refractivity contribution in [2.45, 2.75) is 70.5 Å². The standard InChI is InChI=1S/C32H39N5O4/c1-41-30(39)20-23-12-14-24(15-13-23)21-33-18-16-29(38)36-19-17-28-27(22-36)31(40)37(26-10-6-3-7-11-26)32(35-28)34-25-8-4-2-5-9-25/h3,6-7,10-15,25,33H,2,4-5,8-9,16-22H2,1H3,(H,34,35). The first-order valence-corrected chi connectivity index (χ1v) is 14.6. The molecule has 5 rings (SSSR count). The molecule has 1 amide bonds. The van der Waals surface area contributed by atoms with Crippen LogP contribution in [0.3, 0.4) is 0 Å². The predicted octanol–water partition coefficient (Wildman–Crippen LogP) is 3.76. The second-order valence-electron chi connectivity index (χ2n) is 10.9. The molecule has 1 aromatic heterocycles. The van der Waals surface area contributed by atoms with Crippen LogP contribution in [0, 0.1) is 0 Å². The summed E-state index contributed by atoms with van der Waals surface area (Å²) in [5.74, 6) is 0.363. The number of fused-ring (bicyclic) bond motifs is 1. The number of hydrogen-bond acceptors (Lipinski definition) is 7. The molecule has 9 nitrogen and oxygen atoms in total. The molecule has 1 fully saturated rings. The van der Waals surface area contributed by atoms with Crippen molar-refractivity contribution in [3.8, 4) is 5.69 Å². The van der Waals surface area contributed by atoms with Crippen molar-refractivity contribution in [1.29, 1.82) is 0 Å². The van der Waals surface area contributed by atoms with Gasteiger partial charge in [-0.25, -0.2) is 9.55 Å². The highest BCUT2D eigenvalue weighted by molar-refractivity contribution is 5.76. The smallest absolute Gasteiger partial charge is 0.309 e. The van der Waals surface area contributed by atoms with Gasteiger partial charge in [0.15, 0.2) is 0 Å². The van der Waals surface area contributed by atoms with Crippen molar-refractivity contribution in [2.75, 3.05) is 25.5 Å². The summed E-state index contributed by atoms with van der Waals surface area (Å²) in [6.07, 6.45) is 6.96. The minimum atomic E-state index is -0.263. The van der Waals surface area contributed by atoms with Crippen LogP contribution in [0.1, 0.15) is 60.9 Å². The number of aromatic nitrogens is 2. The van der Waals surface area contributed by atoms with Gasteiger partial charge in [0.1, 0.15) is 0 Å². The number of para-hydroxylation sites is 1. The molecule has 0 spiro atoms. The van der Waals surface area contributed by atoms with Crippen molar-refractivity contribution in [3.05, 3.63) is 87.3 Å². The number of ether oxygens (including phenoxy) is 1. The van der Waals surface area contributed by atoms with E-state index in [1.165, 1.54) is 26.4 Å². The van der Waals surface area contributed by atoms with Gasteiger partial charge in [-0.2, -0.15) is 0 Å². The van der Waals surface area contributed by atoms with Crippen LogP contribution in [0.15, 0.2) is 59.4 Å². The third-order valence-corrected chi connectivity index (χ3v) is 7.98. The fourth-order valence-corrected chi connectivity index (χ4v) is 5.63. The Balaban J connectivity index is 1.21. The summed E-state index contributed by atoms with van der Waals surface area (Å²) < 4.78 is 6.39. The van der Waals surface area contributed by atoms with Gasteiger partial charge in [-0.15, -0.1) is 0 Å². The highest BCUT2D eigenvalue weighted by atomic mass is 16.5. The fraction of sp³-hybridized carbons (Fsp3) is 0.438. The van der Waals surface area contributed by atoms with Crippen molar-refractivity contribution >= 4 is 17.8 Å². The molecular formula is C32H39N5O4. The largest absolute Gasteiger partial charge is 0.469 e. The van der Waals surface area contributed by atoms with Gasteiger partial charge in [0.25, 0.3) is 5.56 Å². The third kappa shape index (κ3) is 7.21. The Bertz CT molecular complexity index is 1400. The average molecular weight is 558 g/mol. The SMILES string of the molecule is COC(=O)Cc1ccc(CNCCC(=O)N2CCc3nc(NC4CCCCC4)n(-c4ccccc4)c(=O)c3C2)cc1. The Morgan fingerprint density at radius 3 is 2.46 bits per heavy atom. The zero-order chi connectivity index (χ0) is 28.6. The van der Waals surface area contributed by atoms with E-state index in [2.05, 4.69) is 10.6 Å². The third-order valence-electron chi connectivity index (χ3n) is 7.98. The molecule has 0 saturated heterocycles. The summed E-state index contributed by atoms with van der Waals surface area (Å²) in [6, 6.07) is 17.7. The van der Waals surface area contributed by atoms with E-state index < -0.39 is 0 Å². The Hall–Kier alpha value is -3.98. The number of amides is 1. The van der Waals surface area contributed by atoms with Crippen LogP contribution in [0.25, 0.3) is 5.69 Å². The normalized spacial score (nSPS) is 15.3. The molecule has 0 unspecified atom stereocenters. The van der Waals surface area contributed by atoms with Gasteiger partial charge in [0.05, 0.1) is 37.0 Å². The predicted molar refractivity (Wildman–Crippen MR) is 158 cm³/mol. The number of methoxy groups -OCH3 is 1. The van der Waals surface area contributed by atoms with E-state index >= 15 is 0 Å². The molecule has 2 heterocycles. The van der Waals surface area contributed by atoms with E-state index in [9.17, 15) is 14.4 Å². The van der Waals surface area contributed by atoms with Crippen LogP contribution in [-0.2, 0) is 40.3 Å². The van der Waals surface area contributed by atoms with Crippen molar-refractivity contribution in [2.24, 2.45) is 0 Å². The first kappa shape index (κ1) is 28.5. The first-order valence-electron chi connectivity index (χ1n) is 14.6. The summed E-state index contributed by atoms with van der Waals surface area (Å²) in [5, 5.41) is 6.90. The zero-order valence-corrected chi connectivity index (χ0v) is 23.7. The molecule has 1 aliphatic heterocycles. The zero-order valence-electron chi connectivity index (χ0n) is 23.7. The Morgan fingerprint density at radius 1 is 1.00 bits per heavy atom. The van der Waals surface area contributed by atoms with Gasteiger partial charge >= 0.3 is 5.97 Å². The molecule has 0 bridgehead atoms. The summed E-state index contributed by atoms with van der Waals surface area (Å²) >= 11 is 0. The number of benzene rings is 2. The van der Waals surface area contributed by atoms with Gasteiger partial charge < -0.3 is 20.3 Å². The lowest BCUT2D eigenvalue weighted by Crippen LogP contribution is -2.42. The molecule has 0 atom stereocenters. The highest BCUT2D eigenvalue weighted by Crippen LogP contribution is 2.24. The molecule has 1 saturated carbocycles. The highest BCUT2D eigenvalue weighted by Gasteiger charge is 2.27. The quantitative estimate of drug-likeness (QED) is 0.289. The number of rotatable bonds is 10. The van der Waals surface area contributed by atoms with Crippen molar-refractivity contribution < 1.29 is 14.3 Å². The second kappa shape index (κ2) is 13.6. The molecule has 3 aromatic rings. The van der Waals surface area contributed by atoms with Crippen LogP contribution in [0.5, 0.6) is 0 Å². The number of nitrogens with one attached hydrogen (secondary N) is 2. The molecule has 2 N–H and O–H groups in total. The summed E-state index contributed by atoms with van der Waals surface area (Å²) in [7, 11) is 1.38. The molecule has 9 heteroatoms. The molecule has 216 valence electrons. The van der Waals surface area contributed by atoms with Gasteiger partial charge in [-0.1, -0.05) is 61.7 Å². The van der Waals surface area contributed by atoms with Crippen LogP contribution in [0.4, 0.5) is 5.95 Å². The van der Waals surface area contributed by atoms with E-state index in [0.29, 0.717) is 50.0 Å². The van der Waals surface area contributed by atoms with Crippen LogP contribution < -0.4 is 16.2 Å². The van der Waals surface area contributed by atoms with Gasteiger partial charge in [0.2, 0.25) is 11.9 Å². The van der Waals surface area contributed by atoms with Crippen LogP contribution >= 0.6 is 0 Å². The number of carbonyl (C=O) groups is 2.